The van der Waals surface area contributed by atoms with Gasteiger partial charge in [0.05, 0.1) is 5.56 Å². The van der Waals surface area contributed by atoms with Gasteiger partial charge in [-0.15, -0.1) is 6.42 Å². The van der Waals surface area contributed by atoms with E-state index in [0.29, 0.717) is 11.3 Å². The fourth-order valence-electron chi connectivity index (χ4n) is 0.941. The summed E-state index contributed by atoms with van der Waals surface area (Å²) in [7, 11) is 0. The number of rotatable bonds is 2. The lowest BCUT2D eigenvalue weighted by Gasteiger charge is -2.08. The molecule has 0 heterocycles. The summed E-state index contributed by atoms with van der Waals surface area (Å²) in [6.45, 7) is 1.62. The van der Waals surface area contributed by atoms with Gasteiger partial charge in [0.15, 0.2) is 6.10 Å². The number of benzene rings is 1. The number of carbonyl (C=O) groups excluding carboxylic acids is 1. The SMILES string of the molecule is C#CC(C)OC(=O)c1ccccc1N. The standard InChI is InChI=1S/C11H11NO2/c1-3-8(2)14-11(13)9-6-4-5-7-10(9)12/h1,4-8H,12H2,2H3. The van der Waals surface area contributed by atoms with Gasteiger partial charge in [-0.05, 0) is 19.1 Å². The van der Waals surface area contributed by atoms with Gasteiger partial charge in [-0.2, -0.15) is 0 Å². The van der Waals surface area contributed by atoms with Crippen molar-refractivity contribution in [2.24, 2.45) is 0 Å². The number of carbonyl (C=O) groups is 1. The van der Waals surface area contributed by atoms with E-state index in [1.54, 1.807) is 31.2 Å². The molecule has 72 valence electrons. The number of nitrogens with two attached hydrogens (primary N) is 1. The molecule has 0 aliphatic rings. The third kappa shape index (κ3) is 2.27. The number of hydrogen-bond acceptors (Lipinski definition) is 3. The Morgan fingerprint density at radius 1 is 1.57 bits per heavy atom. The first-order valence-corrected chi connectivity index (χ1v) is 4.16. The lowest BCUT2D eigenvalue weighted by Crippen LogP contribution is -2.14. The van der Waals surface area contributed by atoms with E-state index >= 15 is 0 Å². The highest BCUT2D eigenvalue weighted by Gasteiger charge is 2.12. The highest BCUT2D eigenvalue weighted by Crippen LogP contribution is 2.12. The predicted molar refractivity (Wildman–Crippen MR) is 54.6 cm³/mol. The van der Waals surface area contributed by atoms with Crippen molar-refractivity contribution in [2.45, 2.75) is 13.0 Å². The fourth-order valence-corrected chi connectivity index (χ4v) is 0.941. The Labute approximate surface area is 82.9 Å². The first kappa shape index (κ1) is 10.1. The molecule has 0 amide bonds. The molecule has 0 aromatic heterocycles. The van der Waals surface area contributed by atoms with Crippen LogP contribution in [0.15, 0.2) is 24.3 Å². The average Bonchev–Trinajstić information content (AvgIpc) is 2.18. The van der Waals surface area contributed by atoms with Gasteiger partial charge in [0.25, 0.3) is 0 Å². The average molecular weight is 189 g/mol. The maximum absolute atomic E-state index is 11.4. The van der Waals surface area contributed by atoms with E-state index in [2.05, 4.69) is 5.92 Å². The van der Waals surface area contributed by atoms with Gasteiger partial charge in [-0.25, -0.2) is 4.79 Å². The van der Waals surface area contributed by atoms with Gasteiger partial charge in [-0.1, -0.05) is 18.1 Å². The van der Waals surface area contributed by atoms with Gasteiger partial charge in [0.1, 0.15) is 0 Å². The summed E-state index contributed by atoms with van der Waals surface area (Å²) in [4.78, 5) is 11.4. The topological polar surface area (TPSA) is 52.3 Å². The van der Waals surface area contributed by atoms with Crippen LogP contribution in [0.1, 0.15) is 17.3 Å². The number of ether oxygens (including phenoxy) is 1. The Morgan fingerprint density at radius 3 is 2.79 bits per heavy atom. The summed E-state index contributed by atoms with van der Waals surface area (Å²) >= 11 is 0. The monoisotopic (exact) mass is 189 g/mol. The molecule has 14 heavy (non-hydrogen) atoms. The van der Waals surface area contributed by atoms with Crippen LogP contribution in [-0.2, 0) is 4.74 Å². The highest BCUT2D eigenvalue weighted by atomic mass is 16.5. The van der Waals surface area contributed by atoms with Crippen LogP contribution in [0, 0.1) is 12.3 Å². The lowest BCUT2D eigenvalue weighted by atomic mass is 10.2. The van der Waals surface area contributed by atoms with Gasteiger partial charge in [0.2, 0.25) is 0 Å². The second kappa shape index (κ2) is 4.33. The van der Waals surface area contributed by atoms with E-state index in [1.165, 1.54) is 0 Å². The van der Waals surface area contributed by atoms with Crippen LogP contribution >= 0.6 is 0 Å². The van der Waals surface area contributed by atoms with E-state index in [-0.39, 0.29) is 0 Å². The Morgan fingerprint density at radius 2 is 2.21 bits per heavy atom. The number of anilines is 1. The Bertz CT molecular complexity index is 379. The van der Waals surface area contributed by atoms with E-state index in [1.807, 2.05) is 0 Å². The van der Waals surface area contributed by atoms with Crippen molar-refractivity contribution >= 4 is 11.7 Å². The molecular formula is C11H11NO2. The van der Waals surface area contributed by atoms with Crippen molar-refractivity contribution < 1.29 is 9.53 Å². The Balaban J connectivity index is 2.81. The van der Waals surface area contributed by atoms with Gasteiger partial charge in [0, 0.05) is 5.69 Å². The quantitative estimate of drug-likeness (QED) is 0.435. The van der Waals surface area contributed by atoms with E-state index in [0.717, 1.165) is 0 Å². The molecule has 1 aromatic rings. The van der Waals surface area contributed by atoms with Crippen LogP contribution in [0.3, 0.4) is 0 Å². The Hall–Kier alpha value is -1.95. The fraction of sp³-hybridized carbons (Fsp3) is 0.182. The summed E-state index contributed by atoms with van der Waals surface area (Å²) in [5.41, 5.74) is 6.32. The molecule has 3 nitrogen and oxygen atoms in total. The molecule has 1 unspecified atom stereocenters. The molecule has 0 aliphatic heterocycles. The molecule has 3 heteroatoms. The zero-order valence-electron chi connectivity index (χ0n) is 7.86. The van der Waals surface area contributed by atoms with E-state index in [9.17, 15) is 4.79 Å². The second-order valence-corrected chi connectivity index (χ2v) is 2.80. The summed E-state index contributed by atoms with van der Waals surface area (Å²) in [5.74, 6) is 1.81. The normalized spacial score (nSPS) is 11.4. The molecule has 0 saturated heterocycles. The number of esters is 1. The van der Waals surface area contributed by atoms with Crippen molar-refractivity contribution in [2.75, 3.05) is 5.73 Å². The molecular weight excluding hydrogens is 178 g/mol. The largest absolute Gasteiger partial charge is 0.446 e. The maximum atomic E-state index is 11.4. The zero-order valence-corrected chi connectivity index (χ0v) is 7.86. The summed E-state index contributed by atoms with van der Waals surface area (Å²) in [6, 6.07) is 6.70. The smallest absolute Gasteiger partial charge is 0.341 e. The molecule has 0 fully saturated rings. The van der Waals surface area contributed by atoms with Crippen molar-refractivity contribution in [3.05, 3.63) is 29.8 Å². The highest BCUT2D eigenvalue weighted by molar-refractivity contribution is 5.95. The molecule has 0 saturated carbocycles. The van der Waals surface area contributed by atoms with Crippen LogP contribution in [0.25, 0.3) is 0 Å². The molecule has 2 N–H and O–H groups in total. The summed E-state index contributed by atoms with van der Waals surface area (Å²) in [6.07, 6.45) is 4.54. The zero-order chi connectivity index (χ0) is 10.6. The molecule has 1 rings (SSSR count). The van der Waals surface area contributed by atoms with Crippen LogP contribution in [0.5, 0.6) is 0 Å². The molecule has 0 bridgehead atoms. The van der Waals surface area contributed by atoms with Crippen molar-refractivity contribution in [3.8, 4) is 12.3 Å². The predicted octanol–water partition coefficient (Wildman–Crippen LogP) is 1.45. The van der Waals surface area contributed by atoms with Gasteiger partial charge in [-0.3, -0.25) is 0 Å². The minimum absolute atomic E-state index is 0.342. The maximum Gasteiger partial charge on any atom is 0.341 e. The number of hydrogen-bond donors (Lipinski definition) is 1. The summed E-state index contributed by atoms with van der Waals surface area (Å²) < 4.78 is 4.91. The minimum Gasteiger partial charge on any atom is -0.446 e. The van der Waals surface area contributed by atoms with E-state index in [4.69, 9.17) is 16.9 Å². The van der Waals surface area contributed by atoms with Crippen LogP contribution in [0.2, 0.25) is 0 Å². The van der Waals surface area contributed by atoms with Crippen LogP contribution in [0.4, 0.5) is 5.69 Å². The third-order valence-electron chi connectivity index (χ3n) is 1.70. The minimum atomic E-state index is -0.540. The Kier molecular flexibility index (Phi) is 3.14. The van der Waals surface area contributed by atoms with Gasteiger partial charge < -0.3 is 10.5 Å². The number of terminal acetylenes is 1. The molecule has 0 spiro atoms. The first-order chi connectivity index (χ1) is 6.65. The van der Waals surface area contributed by atoms with Crippen LogP contribution < -0.4 is 5.73 Å². The van der Waals surface area contributed by atoms with Crippen molar-refractivity contribution in [3.63, 3.8) is 0 Å². The molecule has 0 radical (unpaired) electrons. The molecule has 1 atom stereocenters. The van der Waals surface area contributed by atoms with E-state index < -0.39 is 12.1 Å². The summed E-state index contributed by atoms with van der Waals surface area (Å²) in [5, 5.41) is 0. The molecule has 0 aliphatic carbocycles. The number of para-hydroxylation sites is 1. The second-order valence-electron chi connectivity index (χ2n) is 2.80. The molecule has 1 aromatic carbocycles. The first-order valence-electron chi connectivity index (χ1n) is 4.16. The number of nitrogen functional groups attached to an aromatic ring is 1. The van der Waals surface area contributed by atoms with Crippen molar-refractivity contribution in [1.82, 2.24) is 0 Å². The van der Waals surface area contributed by atoms with Gasteiger partial charge >= 0.3 is 5.97 Å². The van der Waals surface area contributed by atoms with Crippen molar-refractivity contribution in [1.29, 1.82) is 0 Å². The lowest BCUT2D eigenvalue weighted by molar-refractivity contribution is 0.0440. The van der Waals surface area contributed by atoms with Crippen LogP contribution in [-0.4, -0.2) is 12.1 Å². The third-order valence-corrected chi connectivity index (χ3v) is 1.70.